The Kier molecular flexibility index (Phi) is 9.40. The number of carboxylic acids is 1. The number of likely N-dealkylation sites (tertiary alicyclic amines) is 1. The zero-order chi connectivity index (χ0) is 29.0. The molecule has 3 amide bonds. The molecule has 0 aliphatic carbocycles. The molecule has 4 N–H and O–H groups in total. The largest absolute Gasteiger partial charge is 0.481 e. The summed E-state index contributed by atoms with van der Waals surface area (Å²) in [5, 5.41) is 26.4. The number of amides is 3. The second-order valence-electron chi connectivity index (χ2n) is 11.0. The molecule has 1 heterocycles. The Bertz CT molecular complexity index is 1230. The van der Waals surface area contributed by atoms with E-state index in [9.17, 15) is 24.3 Å². The summed E-state index contributed by atoms with van der Waals surface area (Å²) in [4.78, 5) is 51.1. The third-order valence-electron chi connectivity index (χ3n) is 7.28. The van der Waals surface area contributed by atoms with Crippen molar-refractivity contribution in [1.82, 2.24) is 10.2 Å². The van der Waals surface area contributed by atoms with Gasteiger partial charge in [0.1, 0.15) is 6.04 Å². The van der Waals surface area contributed by atoms with Crippen LogP contribution in [0.2, 0.25) is 5.02 Å². The van der Waals surface area contributed by atoms with E-state index in [4.69, 9.17) is 16.7 Å². The molecule has 0 unspecified atom stereocenters. The van der Waals surface area contributed by atoms with Crippen molar-refractivity contribution in [2.75, 3.05) is 18.4 Å². The fraction of sp³-hybridized carbons (Fsp3) is 0.448. The predicted octanol–water partition coefficient (Wildman–Crippen LogP) is 4.04. The highest BCUT2D eigenvalue weighted by molar-refractivity contribution is 6.30. The molecule has 1 saturated heterocycles. The lowest BCUT2D eigenvalue weighted by molar-refractivity contribution is -0.155. The number of hydrogen-bond acceptors (Lipinski definition) is 5. The highest BCUT2D eigenvalue weighted by Gasteiger charge is 2.50. The molecule has 2 atom stereocenters. The maximum Gasteiger partial charge on any atom is 0.303 e. The van der Waals surface area contributed by atoms with Crippen molar-refractivity contribution in [2.24, 2.45) is 11.3 Å². The fourth-order valence-corrected chi connectivity index (χ4v) is 5.01. The molecule has 0 saturated carbocycles. The second-order valence-corrected chi connectivity index (χ2v) is 11.4. The fourth-order valence-electron chi connectivity index (χ4n) is 4.89. The first-order valence-electron chi connectivity index (χ1n) is 12.9. The van der Waals surface area contributed by atoms with Crippen molar-refractivity contribution in [1.29, 1.82) is 0 Å². The van der Waals surface area contributed by atoms with E-state index in [2.05, 4.69) is 10.6 Å². The first-order chi connectivity index (χ1) is 18.2. The summed E-state index contributed by atoms with van der Waals surface area (Å²) >= 11 is 6.03. The van der Waals surface area contributed by atoms with Crippen molar-refractivity contribution in [3.05, 3.63) is 64.7 Å². The van der Waals surface area contributed by atoms with Gasteiger partial charge in [0, 0.05) is 41.2 Å². The monoisotopic (exact) mass is 557 g/mol. The predicted molar refractivity (Wildman–Crippen MR) is 148 cm³/mol. The van der Waals surface area contributed by atoms with Gasteiger partial charge in [0.25, 0.3) is 5.91 Å². The van der Waals surface area contributed by atoms with Crippen LogP contribution in [-0.2, 0) is 20.0 Å². The molecule has 1 fully saturated rings. The van der Waals surface area contributed by atoms with Crippen LogP contribution in [-0.4, -0.2) is 57.9 Å². The van der Waals surface area contributed by atoms with E-state index in [1.807, 2.05) is 27.7 Å². The van der Waals surface area contributed by atoms with Crippen LogP contribution >= 0.6 is 11.6 Å². The summed E-state index contributed by atoms with van der Waals surface area (Å²) < 4.78 is 0. The Morgan fingerprint density at radius 3 is 2.31 bits per heavy atom. The van der Waals surface area contributed by atoms with E-state index >= 15 is 0 Å². The van der Waals surface area contributed by atoms with Gasteiger partial charge in [0.15, 0.2) is 0 Å². The lowest BCUT2D eigenvalue weighted by atomic mass is 9.66. The van der Waals surface area contributed by atoms with Gasteiger partial charge in [0.2, 0.25) is 11.8 Å². The zero-order valence-corrected chi connectivity index (χ0v) is 23.4. The Morgan fingerprint density at radius 1 is 1.05 bits per heavy atom. The van der Waals surface area contributed by atoms with Gasteiger partial charge in [-0.2, -0.15) is 0 Å². The summed E-state index contributed by atoms with van der Waals surface area (Å²) in [6, 6.07) is 12.5. The SMILES string of the molecule is CC(C)[C@@H](NC(=O)c1cccc(NC(=O)CCC(=O)O)c1)C(=O)N1CC[C@](O)(c2ccc(Cl)cc2)C(C)(C)C1. The highest BCUT2D eigenvalue weighted by Crippen LogP contribution is 2.46. The number of piperidine rings is 1. The van der Waals surface area contributed by atoms with Gasteiger partial charge >= 0.3 is 5.97 Å². The number of rotatable bonds is 9. The Balaban J connectivity index is 1.70. The number of carboxylic acid groups (broad SMARTS) is 1. The lowest BCUT2D eigenvalue weighted by Gasteiger charge is -2.51. The number of nitrogens with zero attached hydrogens (tertiary/aromatic N) is 1. The minimum absolute atomic E-state index is 0.186. The molecule has 1 aliphatic heterocycles. The van der Waals surface area contributed by atoms with E-state index in [1.54, 1.807) is 47.4 Å². The number of carbonyl (C=O) groups excluding carboxylic acids is 3. The zero-order valence-electron chi connectivity index (χ0n) is 22.7. The topological polar surface area (TPSA) is 136 Å². The second kappa shape index (κ2) is 12.2. The van der Waals surface area contributed by atoms with Gasteiger partial charge in [-0.15, -0.1) is 0 Å². The molecule has 9 nitrogen and oxygen atoms in total. The highest BCUT2D eigenvalue weighted by atomic mass is 35.5. The maximum atomic E-state index is 13.6. The molecule has 210 valence electrons. The van der Waals surface area contributed by atoms with Gasteiger partial charge in [-0.05, 0) is 48.2 Å². The number of anilines is 1. The van der Waals surface area contributed by atoms with Crippen molar-refractivity contribution >= 4 is 41.0 Å². The van der Waals surface area contributed by atoms with Crippen LogP contribution in [0, 0.1) is 11.3 Å². The number of benzene rings is 2. The molecule has 0 radical (unpaired) electrons. The van der Waals surface area contributed by atoms with Crippen molar-refractivity contribution in [3.63, 3.8) is 0 Å². The number of aliphatic hydroxyl groups is 1. The molecule has 39 heavy (non-hydrogen) atoms. The molecule has 0 aromatic heterocycles. The summed E-state index contributed by atoms with van der Waals surface area (Å²) in [7, 11) is 0. The molecular weight excluding hydrogens is 522 g/mol. The number of aliphatic carboxylic acids is 1. The van der Waals surface area contributed by atoms with Crippen molar-refractivity contribution < 1.29 is 29.4 Å². The maximum absolute atomic E-state index is 13.6. The van der Waals surface area contributed by atoms with Crippen LogP contribution in [0.3, 0.4) is 0 Å². The normalized spacial score (nSPS) is 19.3. The third-order valence-corrected chi connectivity index (χ3v) is 7.53. The van der Waals surface area contributed by atoms with Gasteiger partial charge in [-0.1, -0.05) is 57.5 Å². The first-order valence-corrected chi connectivity index (χ1v) is 13.3. The first kappa shape index (κ1) is 30.1. The summed E-state index contributed by atoms with van der Waals surface area (Å²) in [6.07, 6.45) is -0.153. The Labute approximate surface area is 233 Å². The number of carbonyl (C=O) groups is 4. The average Bonchev–Trinajstić information content (AvgIpc) is 2.87. The summed E-state index contributed by atoms with van der Waals surface area (Å²) in [5.74, 6) is -2.47. The van der Waals surface area contributed by atoms with Crippen molar-refractivity contribution in [3.8, 4) is 0 Å². The molecule has 2 aromatic carbocycles. The van der Waals surface area contributed by atoms with E-state index in [0.29, 0.717) is 30.2 Å². The summed E-state index contributed by atoms with van der Waals surface area (Å²) in [5.41, 5.74) is -0.480. The molecule has 0 spiro atoms. The molecule has 1 aliphatic rings. The summed E-state index contributed by atoms with van der Waals surface area (Å²) in [6.45, 7) is 8.14. The molecule has 0 bridgehead atoms. The number of halogens is 1. The van der Waals surface area contributed by atoms with Crippen LogP contribution in [0.15, 0.2) is 48.5 Å². The van der Waals surface area contributed by atoms with E-state index < -0.39 is 34.8 Å². The molecule has 2 aromatic rings. The van der Waals surface area contributed by atoms with Crippen LogP contribution in [0.4, 0.5) is 5.69 Å². The van der Waals surface area contributed by atoms with E-state index in [0.717, 1.165) is 5.56 Å². The lowest BCUT2D eigenvalue weighted by Crippen LogP contribution is -2.60. The number of hydrogen-bond donors (Lipinski definition) is 4. The van der Waals surface area contributed by atoms with Gasteiger partial charge in [-0.3, -0.25) is 19.2 Å². The van der Waals surface area contributed by atoms with Gasteiger partial charge < -0.3 is 25.7 Å². The molecule has 10 heteroatoms. The van der Waals surface area contributed by atoms with Crippen LogP contribution in [0.5, 0.6) is 0 Å². The van der Waals surface area contributed by atoms with Crippen LogP contribution in [0.1, 0.15) is 62.9 Å². The minimum atomic E-state index is -1.15. The number of nitrogens with one attached hydrogen (secondary N) is 2. The van der Waals surface area contributed by atoms with Crippen LogP contribution in [0.25, 0.3) is 0 Å². The third kappa shape index (κ3) is 7.16. The minimum Gasteiger partial charge on any atom is -0.481 e. The molecule has 3 rings (SSSR count). The van der Waals surface area contributed by atoms with E-state index in [1.165, 1.54) is 6.07 Å². The average molecular weight is 558 g/mol. The molecular formula is C29H36ClN3O6. The van der Waals surface area contributed by atoms with Crippen LogP contribution < -0.4 is 10.6 Å². The Hall–Kier alpha value is -3.43. The smallest absolute Gasteiger partial charge is 0.303 e. The Morgan fingerprint density at radius 2 is 1.72 bits per heavy atom. The van der Waals surface area contributed by atoms with Gasteiger partial charge in [-0.25, -0.2) is 0 Å². The van der Waals surface area contributed by atoms with Gasteiger partial charge in [0.05, 0.1) is 12.0 Å². The quantitative estimate of drug-likeness (QED) is 0.367. The van der Waals surface area contributed by atoms with Crippen molar-refractivity contribution in [2.45, 2.75) is 58.6 Å². The van der Waals surface area contributed by atoms with E-state index in [-0.39, 0.29) is 30.2 Å². The standard InChI is InChI=1S/C29H36ClN3O6/c1-18(2)25(32-26(37)19-6-5-7-22(16-19)31-23(34)12-13-24(35)36)27(38)33-15-14-29(39,28(3,4)17-33)20-8-10-21(30)11-9-20/h5-11,16,18,25,39H,12-15,17H2,1-4H3,(H,31,34)(H,32,37)(H,35,36)/t25-,29+/m1/s1.